The fourth-order valence-corrected chi connectivity index (χ4v) is 3.18. The zero-order valence-corrected chi connectivity index (χ0v) is 13.9. The van der Waals surface area contributed by atoms with Gasteiger partial charge in [0.25, 0.3) is 0 Å². The smallest absolute Gasteiger partial charge is 0.226 e. The van der Waals surface area contributed by atoms with E-state index in [-0.39, 0.29) is 17.8 Å². The maximum atomic E-state index is 13.0. The van der Waals surface area contributed by atoms with Crippen LogP contribution in [0.25, 0.3) is 16.2 Å². The van der Waals surface area contributed by atoms with Gasteiger partial charge in [-0.1, -0.05) is 6.92 Å². The van der Waals surface area contributed by atoms with Gasteiger partial charge in [0.05, 0.1) is 12.1 Å². The number of thiazole rings is 1. The Bertz CT molecular complexity index is 822. The SMILES string of the molecule is CCC(C)NC(=O)Cc1csc2nc(-c3ccc(F)cc3)cn12. The molecule has 0 bridgehead atoms. The lowest BCUT2D eigenvalue weighted by atomic mass is 10.2. The van der Waals surface area contributed by atoms with Crippen molar-refractivity contribution in [3.8, 4) is 11.3 Å². The van der Waals surface area contributed by atoms with Crippen LogP contribution in [0.15, 0.2) is 35.8 Å². The van der Waals surface area contributed by atoms with Gasteiger partial charge >= 0.3 is 0 Å². The van der Waals surface area contributed by atoms with Crippen LogP contribution in [-0.2, 0) is 11.2 Å². The van der Waals surface area contributed by atoms with E-state index in [1.54, 1.807) is 12.1 Å². The highest BCUT2D eigenvalue weighted by molar-refractivity contribution is 7.15. The molecule has 1 amide bonds. The molecule has 0 radical (unpaired) electrons. The number of aromatic nitrogens is 2. The number of hydrogen-bond donors (Lipinski definition) is 1. The Morgan fingerprint density at radius 1 is 1.39 bits per heavy atom. The third kappa shape index (κ3) is 3.42. The standard InChI is InChI=1S/C17H18FN3OS/c1-3-11(2)19-16(22)8-14-10-23-17-20-15(9-21(14)17)12-4-6-13(18)7-5-12/h4-7,9-11H,3,8H2,1-2H3,(H,19,22). The van der Waals surface area contributed by atoms with Crippen LogP contribution in [-0.4, -0.2) is 21.3 Å². The van der Waals surface area contributed by atoms with Crippen molar-refractivity contribution in [2.24, 2.45) is 0 Å². The number of hydrogen-bond acceptors (Lipinski definition) is 3. The first-order chi connectivity index (χ1) is 11.1. The Kier molecular flexibility index (Phi) is 4.43. The third-order valence-corrected chi connectivity index (χ3v) is 4.67. The molecule has 0 spiro atoms. The number of imidazole rings is 1. The fraction of sp³-hybridized carbons (Fsp3) is 0.294. The van der Waals surface area contributed by atoms with Crippen LogP contribution >= 0.6 is 11.3 Å². The lowest BCUT2D eigenvalue weighted by molar-refractivity contribution is -0.121. The highest BCUT2D eigenvalue weighted by Crippen LogP contribution is 2.24. The predicted octanol–water partition coefficient (Wildman–Crippen LogP) is 3.66. The molecule has 23 heavy (non-hydrogen) atoms. The van der Waals surface area contributed by atoms with Gasteiger partial charge in [-0.3, -0.25) is 9.20 Å². The Hall–Kier alpha value is -2.21. The summed E-state index contributed by atoms with van der Waals surface area (Å²) in [6, 6.07) is 6.43. The molecule has 0 fully saturated rings. The number of amides is 1. The van der Waals surface area contributed by atoms with Crippen molar-refractivity contribution in [1.82, 2.24) is 14.7 Å². The summed E-state index contributed by atoms with van der Waals surface area (Å²) in [5, 5.41) is 4.92. The summed E-state index contributed by atoms with van der Waals surface area (Å²) in [6.45, 7) is 4.03. The minimum atomic E-state index is -0.267. The Morgan fingerprint density at radius 2 is 2.13 bits per heavy atom. The molecule has 3 rings (SSSR count). The molecule has 120 valence electrons. The number of benzene rings is 1. The average Bonchev–Trinajstić information content (AvgIpc) is 3.10. The monoisotopic (exact) mass is 331 g/mol. The molecule has 0 aliphatic heterocycles. The van der Waals surface area contributed by atoms with Crippen molar-refractivity contribution in [2.45, 2.75) is 32.7 Å². The molecule has 1 atom stereocenters. The van der Waals surface area contributed by atoms with Gasteiger partial charge in [-0.15, -0.1) is 11.3 Å². The zero-order chi connectivity index (χ0) is 16.4. The molecule has 0 saturated heterocycles. The van der Waals surface area contributed by atoms with E-state index in [4.69, 9.17) is 0 Å². The van der Waals surface area contributed by atoms with Crippen LogP contribution in [0.5, 0.6) is 0 Å². The molecule has 0 aliphatic carbocycles. The second-order valence-corrected chi connectivity index (χ2v) is 6.40. The second kappa shape index (κ2) is 6.50. The summed E-state index contributed by atoms with van der Waals surface area (Å²) in [5.74, 6) is -0.256. The van der Waals surface area contributed by atoms with E-state index >= 15 is 0 Å². The van der Waals surface area contributed by atoms with Crippen molar-refractivity contribution in [2.75, 3.05) is 0 Å². The van der Waals surface area contributed by atoms with Gasteiger partial charge in [0.2, 0.25) is 5.91 Å². The molecule has 3 aromatic rings. The molecule has 2 aromatic heterocycles. The van der Waals surface area contributed by atoms with Crippen molar-refractivity contribution >= 4 is 22.2 Å². The molecule has 0 saturated carbocycles. The van der Waals surface area contributed by atoms with Crippen molar-refractivity contribution < 1.29 is 9.18 Å². The maximum absolute atomic E-state index is 13.0. The molecule has 1 N–H and O–H groups in total. The fourth-order valence-electron chi connectivity index (χ4n) is 2.31. The van der Waals surface area contributed by atoms with Crippen LogP contribution < -0.4 is 5.32 Å². The number of rotatable bonds is 5. The summed E-state index contributed by atoms with van der Waals surface area (Å²) in [5.41, 5.74) is 2.55. The lowest BCUT2D eigenvalue weighted by Crippen LogP contribution is -2.33. The molecular formula is C17H18FN3OS. The molecule has 1 aromatic carbocycles. The van der Waals surface area contributed by atoms with Crippen LogP contribution in [0.4, 0.5) is 4.39 Å². The van der Waals surface area contributed by atoms with Gasteiger partial charge in [0.1, 0.15) is 5.82 Å². The number of fused-ring (bicyclic) bond motifs is 1. The highest BCUT2D eigenvalue weighted by atomic mass is 32.1. The Labute approximate surface area is 138 Å². The first kappa shape index (κ1) is 15.7. The zero-order valence-electron chi connectivity index (χ0n) is 13.0. The van der Waals surface area contributed by atoms with Crippen LogP contribution in [0.1, 0.15) is 26.0 Å². The molecular weight excluding hydrogens is 313 g/mol. The maximum Gasteiger partial charge on any atom is 0.226 e. The first-order valence-electron chi connectivity index (χ1n) is 7.57. The predicted molar refractivity (Wildman–Crippen MR) is 90.1 cm³/mol. The van der Waals surface area contributed by atoms with Crippen molar-refractivity contribution in [3.05, 3.63) is 47.4 Å². The van der Waals surface area contributed by atoms with Gasteiger partial charge in [-0.25, -0.2) is 9.37 Å². The van der Waals surface area contributed by atoms with E-state index < -0.39 is 0 Å². The second-order valence-electron chi connectivity index (χ2n) is 5.57. The topological polar surface area (TPSA) is 46.4 Å². The number of nitrogens with zero attached hydrogens (tertiary/aromatic N) is 2. The van der Waals surface area contributed by atoms with E-state index in [1.807, 2.05) is 29.8 Å². The van der Waals surface area contributed by atoms with E-state index in [0.717, 1.165) is 28.3 Å². The Morgan fingerprint density at radius 3 is 2.83 bits per heavy atom. The van der Waals surface area contributed by atoms with Crippen LogP contribution in [0, 0.1) is 5.82 Å². The Balaban J connectivity index is 1.83. The summed E-state index contributed by atoms with van der Waals surface area (Å²) in [4.78, 5) is 17.4. The van der Waals surface area contributed by atoms with Gasteiger partial charge in [-0.05, 0) is 37.6 Å². The minimum Gasteiger partial charge on any atom is -0.353 e. The lowest BCUT2D eigenvalue weighted by Gasteiger charge is -2.10. The van der Waals surface area contributed by atoms with Crippen LogP contribution in [0.2, 0.25) is 0 Å². The number of carbonyl (C=O) groups is 1. The molecule has 1 unspecified atom stereocenters. The van der Waals surface area contributed by atoms with Crippen molar-refractivity contribution in [1.29, 1.82) is 0 Å². The molecule has 2 heterocycles. The summed E-state index contributed by atoms with van der Waals surface area (Å²) >= 11 is 1.50. The van der Waals surface area contributed by atoms with Crippen LogP contribution in [0.3, 0.4) is 0 Å². The largest absolute Gasteiger partial charge is 0.353 e. The first-order valence-corrected chi connectivity index (χ1v) is 8.45. The average molecular weight is 331 g/mol. The van der Waals surface area contributed by atoms with Gasteiger partial charge in [0.15, 0.2) is 4.96 Å². The summed E-state index contributed by atoms with van der Waals surface area (Å²) in [6.07, 6.45) is 3.12. The van der Waals surface area contributed by atoms with Gasteiger partial charge < -0.3 is 5.32 Å². The van der Waals surface area contributed by atoms with E-state index in [0.29, 0.717) is 6.42 Å². The van der Waals surface area contributed by atoms with Crippen molar-refractivity contribution in [3.63, 3.8) is 0 Å². The summed E-state index contributed by atoms with van der Waals surface area (Å²) in [7, 11) is 0. The third-order valence-electron chi connectivity index (χ3n) is 3.78. The minimum absolute atomic E-state index is 0.0103. The molecule has 6 heteroatoms. The molecule has 0 aliphatic rings. The quantitative estimate of drug-likeness (QED) is 0.775. The number of halogens is 1. The van der Waals surface area contributed by atoms with E-state index in [9.17, 15) is 9.18 Å². The van der Waals surface area contributed by atoms with E-state index in [2.05, 4.69) is 10.3 Å². The van der Waals surface area contributed by atoms with Gasteiger partial charge in [0, 0.05) is 28.9 Å². The van der Waals surface area contributed by atoms with E-state index in [1.165, 1.54) is 23.5 Å². The normalized spacial score (nSPS) is 12.5. The highest BCUT2D eigenvalue weighted by Gasteiger charge is 2.13. The summed E-state index contributed by atoms with van der Waals surface area (Å²) < 4.78 is 14.9. The number of carbonyl (C=O) groups excluding carboxylic acids is 1. The molecule has 4 nitrogen and oxygen atoms in total. The number of nitrogens with one attached hydrogen (secondary N) is 1. The van der Waals surface area contributed by atoms with Gasteiger partial charge in [-0.2, -0.15) is 0 Å².